The number of nitrogens with one attached hydrogen (secondary N) is 1. The van der Waals surface area contributed by atoms with E-state index in [0.29, 0.717) is 0 Å². The summed E-state index contributed by atoms with van der Waals surface area (Å²) in [7, 11) is 0. The van der Waals surface area contributed by atoms with E-state index in [4.69, 9.17) is 0 Å². The maximum Gasteiger partial charge on any atom is 0.0948 e. The first-order chi connectivity index (χ1) is 8.81. The minimum Gasteiger partial charge on any atom is -0.333 e. The smallest absolute Gasteiger partial charge is 0.0948 e. The predicted octanol–water partition coefficient (Wildman–Crippen LogP) is 3.20. The summed E-state index contributed by atoms with van der Waals surface area (Å²) in [6.45, 7) is 1.95. The van der Waals surface area contributed by atoms with Crippen LogP contribution < -0.4 is 5.32 Å². The van der Waals surface area contributed by atoms with E-state index in [9.17, 15) is 0 Å². The number of aryl methyl sites for hydroxylation is 2. The molecule has 1 fully saturated rings. The van der Waals surface area contributed by atoms with Gasteiger partial charge in [-0.15, -0.1) is 11.3 Å². The number of nitrogens with zero attached hydrogens (tertiary/aromatic N) is 2. The van der Waals surface area contributed by atoms with Crippen molar-refractivity contribution in [3.63, 3.8) is 0 Å². The van der Waals surface area contributed by atoms with Gasteiger partial charge in [0.25, 0.3) is 0 Å². The van der Waals surface area contributed by atoms with Gasteiger partial charge in [0.15, 0.2) is 0 Å². The number of halogens is 1. The molecular weight excluding hydrogens is 310 g/mol. The molecule has 2 heterocycles. The second-order valence-electron chi connectivity index (χ2n) is 4.69. The molecular formula is C13H16BrN3S. The molecule has 0 amide bonds. The van der Waals surface area contributed by atoms with E-state index in [2.05, 4.69) is 42.9 Å². The third-order valence-corrected chi connectivity index (χ3v) is 4.86. The summed E-state index contributed by atoms with van der Waals surface area (Å²) in [4.78, 5) is 5.67. The van der Waals surface area contributed by atoms with E-state index >= 15 is 0 Å². The summed E-state index contributed by atoms with van der Waals surface area (Å²) in [5.41, 5.74) is 1.29. The molecule has 5 heteroatoms. The lowest BCUT2D eigenvalue weighted by atomic mass is 10.3. The van der Waals surface area contributed by atoms with Crippen LogP contribution in [0, 0.1) is 0 Å². The van der Waals surface area contributed by atoms with Crippen molar-refractivity contribution in [2.24, 2.45) is 0 Å². The van der Waals surface area contributed by atoms with Crippen molar-refractivity contribution in [2.75, 3.05) is 0 Å². The molecule has 0 atom stereocenters. The number of aromatic nitrogens is 2. The topological polar surface area (TPSA) is 29.9 Å². The van der Waals surface area contributed by atoms with Crippen LogP contribution in [0.15, 0.2) is 28.4 Å². The van der Waals surface area contributed by atoms with Crippen molar-refractivity contribution < 1.29 is 0 Å². The molecule has 0 unspecified atom stereocenters. The highest BCUT2D eigenvalue weighted by molar-refractivity contribution is 9.11. The third kappa shape index (κ3) is 3.22. The molecule has 96 valence electrons. The van der Waals surface area contributed by atoms with Crippen LogP contribution in [-0.2, 0) is 19.5 Å². The maximum atomic E-state index is 4.26. The lowest BCUT2D eigenvalue weighted by Crippen LogP contribution is -2.18. The molecule has 2 aromatic heterocycles. The van der Waals surface area contributed by atoms with Crippen LogP contribution in [0.3, 0.4) is 0 Å². The van der Waals surface area contributed by atoms with Crippen molar-refractivity contribution in [3.8, 4) is 0 Å². The van der Waals surface area contributed by atoms with Gasteiger partial charge < -0.3 is 9.88 Å². The molecule has 18 heavy (non-hydrogen) atoms. The highest BCUT2D eigenvalue weighted by Crippen LogP contribution is 2.23. The number of hydrogen-bond acceptors (Lipinski definition) is 3. The van der Waals surface area contributed by atoms with Gasteiger partial charge in [0.1, 0.15) is 0 Å². The number of imidazole rings is 1. The van der Waals surface area contributed by atoms with Crippen LogP contribution in [0.2, 0.25) is 0 Å². The van der Waals surface area contributed by atoms with E-state index in [1.165, 1.54) is 27.2 Å². The van der Waals surface area contributed by atoms with E-state index in [-0.39, 0.29) is 0 Å². The first-order valence-electron chi connectivity index (χ1n) is 6.28. The molecule has 1 aliphatic carbocycles. The zero-order valence-corrected chi connectivity index (χ0v) is 12.5. The van der Waals surface area contributed by atoms with Gasteiger partial charge >= 0.3 is 0 Å². The Bertz CT molecular complexity index is 516. The molecule has 2 aromatic rings. The molecule has 0 radical (unpaired) electrons. The van der Waals surface area contributed by atoms with Crippen molar-refractivity contribution in [1.82, 2.24) is 14.9 Å². The summed E-state index contributed by atoms with van der Waals surface area (Å²) in [5.74, 6) is 0. The quantitative estimate of drug-likeness (QED) is 0.883. The van der Waals surface area contributed by atoms with Crippen molar-refractivity contribution in [1.29, 1.82) is 0 Å². The van der Waals surface area contributed by atoms with Gasteiger partial charge in [-0.05, 0) is 47.3 Å². The molecule has 3 rings (SSSR count). The number of thiophene rings is 1. The SMILES string of the molecule is Brc1ccc(CCn2cncc2CNC2CC2)s1. The minimum absolute atomic E-state index is 0.751. The Balaban J connectivity index is 1.56. The summed E-state index contributed by atoms with van der Waals surface area (Å²) >= 11 is 5.31. The van der Waals surface area contributed by atoms with Gasteiger partial charge in [0, 0.05) is 30.2 Å². The van der Waals surface area contributed by atoms with E-state index in [0.717, 1.165) is 25.6 Å². The molecule has 0 bridgehead atoms. The average molecular weight is 326 g/mol. The lowest BCUT2D eigenvalue weighted by molar-refractivity contribution is 0.608. The van der Waals surface area contributed by atoms with Crippen LogP contribution in [-0.4, -0.2) is 15.6 Å². The fourth-order valence-electron chi connectivity index (χ4n) is 1.95. The lowest BCUT2D eigenvalue weighted by Gasteiger charge is -2.08. The van der Waals surface area contributed by atoms with Crippen molar-refractivity contribution in [3.05, 3.63) is 39.0 Å². The predicted molar refractivity (Wildman–Crippen MR) is 77.8 cm³/mol. The van der Waals surface area contributed by atoms with Crippen LogP contribution in [0.25, 0.3) is 0 Å². The average Bonchev–Trinajstić information content (AvgIpc) is 2.93. The Hall–Kier alpha value is -0.650. The zero-order chi connectivity index (χ0) is 12.4. The van der Waals surface area contributed by atoms with Crippen LogP contribution in [0.5, 0.6) is 0 Å². The summed E-state index contributed by atoms with van der Waals surface area (Å²) in [6.07, 6.45) is 7.64. The largest absolute Gasteiger partial charge is 0.333 e. The van der Waals surface area contributed by atoms with Gasteiger partial charge in [-0.25, -0.2) is 4.98 Å². The zero-order valence-electron chi connectivity index (χ0n) is 10.1. The molecule has 0 saturated heterocycles. The fraction of sp³-hybridized carbons (Fsp3) is 0.462. The maximum absolute atomic E-state index is 4.26. The molecule has 0 aliphatic heterocycles. The van der Waals surface area contributed by atoms with Gasteiger partial charge in [-0.3, -0.25) is 0 Å². The van der Waals surface area contributed by atoms with Gasteiger partial charge in [-0.1, -0.05) is 0 Å². The molecule has 1 saturated carbocycles. The number of rotatable bonds is 6. The molecule has 0 spiro atoms. The minimum atomic E-state index is 0.751. The Morgan fingerprint density at radius 1 is 1.44 bits per heavy atom. The molecule has 0 aromatic carbocycles. The van der Waals surface area contributed by atoms with Crippen LogP contribution in [0.1, 0.15) is 23.4 Å². The van der Waals surface area contributed by atoms with Crippen LogP contribution >= 0.6 is 27.3 Å². The Morgan fingerprint density at radius 3 is 3.06 bits per heavy atom. The van der Waals surface area contributed by atoms with E-state index < -0.39 is 0 Å². The van der Waals surface area contributed by atoms with Crippen molar-refractivity contribution >= 4 is 27.3 Å². The molecule has 1 N–H and O–H groups in total. The number of hydrogen-bond donors (Lipinski definition) is 1. The Labute approximate surface area is 119 Å². The summed E-state index contributed by atoms with van der Waals surface area (Å²) in [6, 6.07) is 5.05. The Kier molecular flexibility index (Phi) is 3.82. The second-order valence-corrected chi connectivity index (χ2v) is 7.24. The molecule has 1 aliphatic rings. The normalized spacial score (nSPS) is 15.2. The highest BCUT2D eigenvalue weighted by Gasteiger charge is 2.20. The first-order valence-corrected chi connectivity index (χ1v) is 7.89. The van der Waals surface area contributed by atoms with E-state index in [1.54, 1.807) is 0 Å². The third-order valence-electron chi connectivity index (χ3n) is 3.18. The highest BCUT2D eigenvalue weighted by atomic mass is 79.9. The molecule has 3 nitrogen and oxygen atoms in total. The van der Waals surface area contributed by atoms with E-state index in [1.807, 2.05) is 23.9 Å². The standard InChI is InChI=1S/C13H16BrN3S/c14-13-4-3-12(18-13)5-6-17-9-15-7-11(17)8-16-10-1-2-10/h3-4,7,9-10,16H,1-2,5-6,8H2. The first kappa shape index (κ1) is 12.4. The van der Waals surface area contributed by atoms with Gasteiger partial charge in [-0.2, -0.15) is 0 Å². The summed E-state index contributed by atoms with van der Waals surface area (Å²) < 4.78 is 3.46. The summed E-state index contributed by atoms with van der Waals surface area (Å²) in [5, 5.41) is 3.54. The van der Waals surface area contributed by atoms with Gasteiger partial charge in [0.05, 0.1) is 15.8 Å². The van der Waals surface area contributed by atoms with Gasteiger partial charge in [0.2, 0.25) is 0 Å². The monoisotopic (exact) mass is 325 g/mol. The van der Waals surface area contributed by atoms with Crippen LogP contribution in [0.4, 0.5) is 0 Å². The fourth-order valence-corrected chi connectivity index (χ4v) is 3.42. The Morgan fingerprint density at radius 2 is 2.33 bits per heavy atom. The second kappa shape index (κ2) is 5.55. The van der Waals surface area contributed by atoms with Crippen molar-refractivity contribution in [2.45, 2.75) is 38.4 Å².